The molecule has 3 saturated heterocycles. The molecule has 4 heterocycles. The summed E-state index contributed by atoms with van der Waals surface area (Å²) in [7, 11) is 5.07. The lowest BCUT2D eigenvalue weighted by atomic mass is 9.73. The highest BCUT2D eigenvalue weighted by molar-refractivity contribution is 6.08. The molecule has 3 aliphatic rings. The van der Waals surface area contributed by atoms with Crippen molar-refractivity contribution in [3.8, 4) is 0 Å². The second-order valence-corrected chi connectivity index (χ2v) is 19.2. The number of aliphatic hydroxyl groups is 1. The summed E-state index contributed by atoms with van der Waals surface area (Å²) in [5, 5.41) is 12.5. The standard InChI is InChI=1S/C50H69FN4O10/c1-12-39-50(8)42(55(47(60)65-50)26-18-25-54(29-34-19-14-13-15-20-34)37-23-24-52-36-22-17-16-21-35(36)37)32(4)40(56)30(2)28-48(6,61-11)44(33(5)43(58)49(7,51)46(59)63-39)64-45-41(57)38(53(9)10)27-31(3)62-45/h13-17,19-24,30-33,38-39,41-42,44-45,57H,12,18,25-29H2,1-11H3/t30-,31-,32+,33+,38+,39-,41-,42-,44-,45+,48+,49+,50-/m1/s1. The number of pyridine rings is 1. The molecule has 1 N–H and O–H groups in total. The van der Waals surface area contributed by atoms with Crippen molar-refractivity contribution in [2.45, 2.75) is 147 Å². The van der Waals surface area contributed by atoms with Crippen LogP contribution in [0.15, 0.2) is 66.9 Å². The molecule has 0 saturated carbocycles. The van der Waals surface area contributed by atoms with E-state index in [0.29, 0.717) is 25.9 Å². The molecule has 0 aliphatic carbocycles. The van der Waals surface area contributed by atoms with Crippen LogP contribution in [0.1, 0.15) is 86.6 Å². The maximum absolute atomic E-state index is 17.1. The molecule has 2 aromatic carbocycles. The van der Waals surface area contributed by atoms with E-state index in [9.17, 15) is 24.3 Å². The largest absolute Gasteiger partial charge is 0.455 e. The summed E-state index contributed by atoms with van der Waals surface area (Å²) in [5.41, 5.74) is -3.38. The topological polar surface area (TPSA) is 157 Å². The number of aromatic nitrogens is 1. The van der Waals surface area contributed by atoms with E-state index in [4.69, 9.17) is 23.7 Å². The number of aliphatic hydroxyl groups excluding tert-OH is 1. The molecule has 6 rings (SSSR count). The molecule has 1 amide bonds. The number of hydrogen-bond donors (Lipinski definition) is 1. The van der Waals surface area contributed by atoms with Gasteiger partial charge in [0, 0.05) is 67.8 Å². The van der Waals surface area contributed by atoms with Gasteiger partial charge in [-0.3, -0.25) is 14.6 Å². The minimum atomic E-state index is -3.20. The zero-order valence-electron chi connectivity index (χ0n) is 39.9. The number of methoxy groups -OCH3 is 1. The number of nitrogens with zero attached hydrogens (tertiary/aromatic N) is 4. The Morgan fingerprint density at radius 2 is 1.63 bits per heavy atom. The molecule has 13 atom stereocenters. The lowest BCUT2D eigenvalue weighted by molar-refractivity contribution is -0.295. The Labute approximate surface area is 383 Å². The normalized spacial score (nSPS) is 35.1. The van der Waals surface area contributed by atoms with E-state index >= 15 is 4.39 Å². The third-order valence-electron chi connectivity index (χ3n) is 14.2. The molecule has 14 nitrogen and oxygen atoms in total. The van der Waals surface area contributed by atoms with Crippen LogP contribution in [0, 0.1) is 17.8 Å². The molecular weight excluding hydrogens is 836 g/mol. The number of esters is 1. The first-order valence-electron chi connectivity index (χ1n) is 23.0. The van der Waals surface area contributed by atoms with E-state index in [1.54, 1.807) is 40.8 Å². The highest BCUT2D eigenvalue weighted by atomic mass is 19.1. The average Bonchev–Trinajstić information content (AvgIpc) is 3.54. The van der Waals surface area contributed by atoms with Crippen LogP contribution in [0.4, 0.5) is 14.9 Å². The molecule has 65 heavy (non-hydrogen) atoms. The number of Topliss-reactive ketones (excluding diaryl/α,β-unsaturated/α-hetero) is 2. The maximum atomic E-state index is 17.1. The van der Waals surface area contributed by atoms with E-state index in [0.717, 1.165) is 29.1 Å². The Morgan fingerprint density at radius 3 is 2.29 bits per heavy atom. The number of alkyl halides is 1. The van der Waals surface area contributed by atoms with Gasteiger partial charge in [-0.25, -0.2) is 14.0 Å². The number of ketones is 2. The fourth-order valence-electron chi connectivity index (χ4n) is 10.6. The lowest BCUT2D eigenvalue weighted by Gasteiger charge is -2.47. The first kappa shape index (κ1) is 49.9. The number of fused-ring (bicyclic) bond motifs is 2. The third kappa shape index (κ3) is 10.1. The zero-order valence-corrected chi connectivity index (χ0v) is 39.9. The number of carbonyl (C=O) groups is 4. The van der Waals surface area contributed by atoms with Gasteiger partial charge in [-0.05, 0) is 85.2 Å². The number of rotatable bonds is 12. The van der Waals surface area contributed by atoms with Crippen LogP contribution in [-0.2, 0) is 44.6 Å². The Balaban J connectivity index is 1.35. The summed E-state index contributed by atoms with van der Waals surface area (Å²) in [6.07, 6.45) is -3.24. The van der Waals surface area contributed by atoms with Gasteiger partial charge in [-0.15, -0.1) is 0 Å². The monoisotopic (exact) mass is 904 g/mol. The SMILES string of the molecule is CC[C@H]1OC(=O)[C@@](C)(F)C(=O)[C@H](C)[C@@H](O[C@@H]2O[C@H](C)C[C@H](N(C)C)[C@H]2O)[C@@](C)(OC)C[C@@H](C)C(=O)[C@H](C)[C@H]2N(CCCN(Cc3ccccc3)c3ccnc4ccccc34)C(=O)O[C@]12C. The second kappa shape index (κ2) is 20.1. The average molecular weight is 905 g/mol. The quantitative estimate of drug-likeness (QED) is 0.148. The molecule has 3 aromatic rings. The summed E-state index contributed by atoms with van der Waals surface area (Å²) >= 11 is 0. The Morgan fingerprint density at radius 1 is 0.954 bits per heavy atom. The number of amides is 1. The van der Waals surface area contributed by atoms with E-state index in [1.807, 2.05) is 74.4 Å². The predicted molar refractivity (Wildman–Crippen MR) is 244 cm³/mol. The fourth-order valence-corrected chi connectivity index (χ4v) is 10.6. The number of cyclic esters (lactones) is 1. The first-order chi connectivity index (χ1) is 30.7. The van der Waals surface area contributed by atoms with Crippen molar-refractivity contribution in [2.24, 2.45) is 17.8 Å². The van der Waals surface area contributed by atoms with Gasteiger partial charge < -0.3 is 43.5 Å². The van der Waals surface area contributed by atoms with Gasteiger partial charge in [0.05, 0.1) is 29.4 Å². The molecule has 3 aliphatic heterocycles. The molecule has 0 radical (unpaired) electrons. The zero-order chi connectivity index (χ0) is 47.6. The van der Waals surface area contributed by atoms with Crippen molar-refractivity contribution in [2.75, 3.05) is 39.2 Å². The van der Waals surface area contributed by atoms with E-state index in [1.165, 1.54) is 18.9 Å². The Kier molecular flexibility index (Phi) is 15.5. The van der Waals surface area contributed by atoms with Crippen LogP contribution < -0.4 is 4.90 Å². The number of carbonyl (C=O) groups excluding carboxylic acids is 4. The molecule has 15 heteroatoms. The summed E-state index contributed by atoms with van der Waals surface area (Å²) in [6.45, 7) is 13.9. The van der Waals surface area contributed by atoms with Crippen molar-refractivity contribution < 1.29 is 52.4 Å². The van der Waals surface area contributed by atoms with Crippen molar-refractivity contribution >= 4 is 40.2 Å². The summed E-state index contributed by atoms with van der Waals surface area (Å²) in [6, 6.07) is 18.6. The van der Waals surface area contributed by atoms with Crippen molar-refractivity contribution in [1.82, 2.24) is 14.8 Å². The van der Waals surface area contributed by atoms with E-state index in [-0.39, 0.29) is 37.3 Å². The first-order valence-corrected chi connectivity index (χ1v) is 23.0. The highest BCUT2D eigenvalue weighted by Gasteiger charge is 2.61. The Hall–Kier alpha value is -4.54. The number of likely N-dealkylation sites (N-methyl/N-ethyl adjacent to an activating group) is 1. The minimum Gasteiger partial charge on any atom is -0.455 e. The molecule has 3 fully saturated rings. The van der Waals surface area contributed by atoms with Crippen LogP contribution in [0.2, 0.25) is 0 Å². The van der Waals surface area contributed by atoms with Gasteiger partial charge in [0.15, 0.2) is 17.7 Å². The predicted octanol–water partition coefficient (Wildman–Crippen LogP) is 6.93. The number of benzene rings is 2. The molecule has 0 spiro atoms. The van der Waals surface area contributed by atoms with Gasteiger partial charge in [0.2, 0.25) is 0 Å². The van der Waals surface area contributed by atoms with Crippen LogP contribution in [-0.4, -0.2) is 137 Å². The lowest BCUT2D eigenvalue weighted by Crippen LogP contribution is -2.61. The number of halogens is 1. The van der Waals surface area contributed by atoms with Crippen LogP contribution in [0.5, 0.6) is 0 Å². The van der Waals surface area contributed by atoms with Crippen LogP contribution >= 0.6 is 0 Å². The molecular formula is C50H69FN4O10. The van der Waals surface area contributed by atoms with Crippen LogP contribution in [0.3, 0.4) is 0 Å². The smallest absolute Gasteiger partial charge is 0.410 e. The van der Waals surface area contributed by atoms with Crippen molar-refractivity contribution in [1.29, 1.82) is 0 Å². The molecule has 0 bridgehead atoms. The van der Waals surface area contributed by atoms with Gasteiger partial charge in [-0.1, -0.05) is 76.2 Å². The van der Waals surface area contributed by atoms with Gasteiger partial charge >= 0.3 is 12.1 Å². The number of anilines is 1. The number of ether oxygens (including phenoxy) is 5. The van der Waals surface area contributed by atoms with Crippen molar-refractivity contribution in [3.63, 3.8) is 0 Å². The third-order valence-corrected chi connectivity index (χ3v) is 14.2. The Bertz CT molecular complexity index is 2150. The summed E-state index contributed by atoms with van der Waals surface area (Å²) in [5.74, 6) is -5.86. The molecule has 356 valence electrons. The molecule has 0 unspecified atom stereocenters. The minimum absolute atomic E-state index is 0.0122. The van der Waals surface area contributed by atoms with Gasteiger partial charge in [-0.2, -0.15) is 0 Å². The van der Waals surface area contributed by atoms with Gasteiger partial charge in [0.25, 0.3) is 5.67 Å². The fraction of sp³-hybridized carbons (Fsp3) is 0.620. The van der Waals surface area contributed by atoms with Crippen LogP contribution in [0.25, 0.3) is 10.9 Å². The number of hydrogen-bond acceptors (Lipinski definition) is 13. The van der Waals surface area contributed by atoms with E-state index < -0.39 is 83.1 Å². The molecule has 1 aromatic heterocycles. The highest BCUT2D eigenvalue weighted by Crippen LogP contribution is 2.44. The van der Waals surface area contributed by atoms with Crippen molar-refractivity contribution in [3.05, 3.63) is 72.4 Å². The maximum Gasteiger partial charge on any atom is 0.410 e. The summed E-state index contributed by atoms with van der Waals surface area (Å²) in [4.78, 5) is 67.9. The van der Waals surface area contributed by atoms with Gasteiger partial charge in [0.1, 0.15) is 18.0 Å². The summed E-state index contributed by atoms with van der Waals surface area (Å²) < 4.78 is 48.0. The number of para-hydroxylation sites is 1. The second-order valence-electron chi connectivity index (χ2n) is 19.2. The van der Waals surface area contributed by atoms with E-state index in [2.05, 4.69) is 22.0 Å².